The molecule has 0 amide bonds. The van der Waals surface area contributed by atoms with Crippen LogP contribution in [-0.2, 0) is 0 Å². The molecule has 1 heterocycles. The molecule has 0 spiro atoms. The van der Waals surface area contributed by atoms with E-state index in [4.69, 9.17) is 19.9 Å². The summed E-state index contributed by atoms with van der Waals surface area (Å²) in [6.07, 6.45) is 0. The van der Waals surface area contributed by atoms with Gasteiger partial charge in [-0.1, -0.05) is 18.2 Å². The van der Waals surface area contributed by atoms with Gasteiger partial charge in [0.25, 0.3) is 0 Å². The lowest BCUT2D eigenvalue weighted by atomic mass is 10.1. The molecular weight excluding hydrogens is 266 g/mol. The molecule has 0 bridgehead atoms. The molecule has 1 atom stereocenters. The lowest BCUT2D eigenvalue weighted by molar-refractivity contribution is 0.174. The Bertz CT molecular complexity index is 654. The van der Waals surface area contributed by atoms with E-state index < -0.39 is 0 Å². The molecule has 1 unspecified atom stereocenters. The molecule has 1 aliphatic rings. The van der Waals surface area contributed by atoms with Gasteiger partial charge in [-0.2, -0.15) is 0 Å². The Morgan fingerprint density at radius 3 is 2.76 bits per heavy atom. The third kappa shape index (κ3) is 2.95. The Hall–Kier alpha value is -2.20. The molecule has 0 aliphatic carbocycles. The maximum atomic E-state index is 6.20. The van der Waals surface area contributed by atoms with Gasteiger partial charge in [-0.3, -0.25) is 0 Å². The van der Waals surface area contributed by atoms with Crippen molar-refractivity contribution in [3.8, 4) is 17.2 Å². The molecule has 0 aromatic heterocycles. The van der Waals surface area contributed by atoms with Crippen LogP contribution >= 0.6 is 0 Å². The van der Waals surface area contributed by atoms with E-state index in [-0.39, 0.29) is 12.8 Å². The highest BCUT2D eigenvalue weighted by Crippen LogP contribution is 2.34. The second-order valence-electron chi connectivity index (χ2n) is 5.30. The normalized spacial score (nSPS) is 14.0. The van der Waals surface area contributed by atoms with E-state index in [9.17, 15) is 0 Å². The summed E-state index contributed by atoms with van der Waals surface area (Å²) in [6.45, 7) is 4.77. The Balaban J connectivity index is 1.69. The minimum absolute atomic E-state index is 0.209. The zero-order valence-corrected chi connectivity index (χ0v) is 12.3. The molecule has 110 valence electrons. The topological polar surface area (TPSA) is 53.7 Å². The maximum Gasteiger partial charge on any atom is 0.231 e. The largest absolute Gasteiger partial charge is 0.491 e. The van der Waals surface area contributed by atoms with Gasteiger partial charge in [-0.15, -0.1) is 0 Å². The smallest absolute Gasteiger partial charge is 0.231 e. The van der Waals surface area contributed by atoms with Crippen LogP contribution in [0.5, 0.6) is 17.2 Å². The van der Waals surface area contributed by atoms with E-state index in [1.54, 1.807) is 0 Å². The van der Waals surface area contributed by atoms with Gasteiger partial charge in [0.2, 0.25) is 6.79 Å². The van der Waals surface area contributed by atoms with Crippen LogP contribution in [0.25, 0.3) is 0 Å². The lowest BCUT2D eigenvalue weighted by Gasteiger charge is -2.15. The summed E-state index contributed by atoms with van der Waals surface area (Å²) in [6, 6.07) is 11.7. The van der Waals surface area contributed by atoms with Crippen LogP contribution in [0.4, 0.5) is 0 Å². The molecule has 0 saturated carbocycles. The molecule has 0 radical (unpaired) electrons. The summed E-state index contributed by atoms with van der Waals surface area (Å²) < 4.78 is 16.5. The molecule has 2 aromatic carbocycles. The number of hydrogen-bond donors (Lipinski definition) is 1. The molecule has 2 N–H and O–H groups in total. The minimum atomic E-state index is -0.209. The highest BCUT2D eigenvalue weighted by molar-refractivity contribution is 5.45. The van der Waals surface area contributed by atoms with Crippen molar-refractivity contribution < 1.29 is 14.2 Å². The monoisotopic (exact) mass is 285 g/mol. The van der Waals surface area contributed by atoms with Crippen molar-refractivity contribution in [1.82, 2.24) is 0 Å². The zero-order valence-electron chi connectivity index (χ0n) is 12.3. The van der Waals surface area contributed by atoms with Crippen molar-refractivity contribution in [2.45, 2.75) is 19.9 Å². The van der Waals surface area contributed by atoms with Crippen molar-refractivity contribution in [1.29, 1.82) is 0 Å². The zero-order chi connectivity index (χ0) is 14.8. The number of aryl methyl sites for hydroxylation is 2. The predicted molar refractivity (Wildman–Crippen MR) is 80.9 cm³/mol. The summed E-state index contributed by atoms with van der Waals surface area (Å²) in [7, 11) is 0. The van der Waals surface area contributed by atoms with Crippen LogP contribution in [-0.4, -0.2) is 13.4 Å². The fourth-order valence-electron chi connectivity index (χ4n) is 2.28. The first-order valence-electron chi connectivity index (χ1n) is 6.98. The molecule has 3 rings (SSSR count). The average molecular weight is 285 g/mol. The molecule has 2 aromatic rings. The number of nitrogens with two attached hydrogens (primary N) is 1. The quantitative estimate of drug-likeness (QED) is 0.937. The van der Waals surface area contributed by atoms with Crippen LogP contribution in [0.2, 0.25) is 0 Å². The van der Waals surface area contributed by atoms with E-state index in [2.05, 4.69) is 12.1 Å². The third-order valence-corrected chi connectivity index (χ3v) is 3.59. The van der Waals surface area contributed by atoms with Crippen molar-refractivity contribution in [3.63, 3.8) is 0 Å². The van der Waals surface area contributed by atoms with Crippen LogP contribution < -0.4 is 19.9 Å². The first kappa shape index (κ1) is 13.8. The van der Waals surface area contributed by atoms with Gasteiger partial charge in [0.15, 0.2) is 11.5 Å². The fraction of sp³-hybridized carbons (Fsp3) is 0.294. The number of rotatable bonds is 4. The SMILES string of the molecule is Cc1ccc(C)c(OCC(N)c2ccc3c(c2)OCO3)c1. The summed E-state index contributed by atoms with van der Waals surface area (Å²) in [5.41, 5.74) is 9.46. The Morgan fingerprint density at radius 1 is 1.10 bits per heavy atom. The van der Waals surface area contributed by atoms with Crippen molar-refractivity contribution in [2.75, 3.05) is 13.4 Å². The van der Waals surface area contributed by atoms with Gasteiger partial charge in [0.05, 0.1) is 6.04 Å². The van der Waals surface area contributed by atoms with Gasteiger partial charge >= 0.3 is 0 Å². The van der Waals surface area contributed by atoms with Gasteiger partial charge in [0.1, 0.15) is 12.4 Å². The van der Waals surface area contributed by atoms with Crippen molar-refractivity contribution in [3.05, 3.63) is 53.1 Å². The summed E-state index contributed by atoms with van der Waals surface area (Å²) >= 11 is 0. The fourth-order valence-corrected chi connectivity index (χ4v) is 2.28. The standard InChI is InChI=1S/C17H19NO3/c1-11-3-4-12(2)16(7-11)19-9-14(18)13-5-6-15-17(8-13)21-10-20-15/h3-8,14H,9-10,18H2,1-2H3. The van der Waals surface area contributed by atoms with E-state index in [0.29, 0.717) is 6.61 Å². The van der Waals surface area contributed by atoms with Gasteiger partial charge in [0, 0.05) is 0 Å². The predicted octanol–water partition coefficient (Wildman–Crippen LogP) is 3.11. The van der Waals surface area contributed by atoms with Crippen molar-refractivity contribution >= 4 is 0 Å². The second-order valence-corrected chi connectivity index (χ2v) is 5.30. The molecule has 1 aliphatic heterocycles. The highest BCUT2D eigenvalue weighted by atomic mass is 16.7. The van der Waals surface area contributed by atoms with Crippen LogP contribution in [0, 0.1) is 13.8 Å². The Morgan fingerprint density at radius 2 is 1.90 bits per heavy atom. The summed E-state index contributed by atoms with van der Waals surface area (Å²) in [4.78, 5) is 0. The minimum Gasteiger partial charge on any atom is -0.491 e. The molecule has 21 heavy (non-hydrogen) atoms. The average Bonchev–Trinajstić information content (AvgIpc) is 2.95. The first-order valence-corrected chi connectivity index (χ1v) is 6.98. The summed E-state index contributed by atoms with van der Waals surface area (Å²) in [5, 5.41) is 0. The summed E-state index contributed by atoms with van der Waals surface area (Å²) in [5.74, 6) is 2.39. The van der Waals surface area contributed by atoms with Crippen LogP contribution in [0.15, 0.2) is 36.4 Å². The van der Waals surface area contributed by atoms with Gasteiger partial charge < -0.3 is 19.9 Å². The number of ether oxygens (including phenoxy) is 3. The molecule has 4 nitrogen and oxygen atoms in total. The number of fused-ring (bicyclic) bond motifs is 1. The molecule has 0 fully saturated rings. The van der Waals surface area contributed by atoms with Crippen molar-refractivity contribution in [2.24, 2.45) is 5.73 Å². The van der Waals surface area contributed by atoms with E-state index in [0.717, 1.165) is 28.4 Å². The van der Waals surface area contributed by atoms with E-state index in [1.807, 2.05) is 38.1 Å². The number of hydrogen-bond acceptors (Lipinski definition) is 4. The van der Waals surface area contributed by atoms with Gasteiger partial charge in [-0.05, 0) is 48.7 Å². The molecule has 0 saturated heterocycles. The molecular formula is C17H19NO3. The Kier molecular flexibility index (Phi) is 3.71. The third-order valence-electron chi connectivity index (χ3n) is 3.59. The van der Waals surface area contributed by atoms with Gasteiger partial charge in [-0.25, -0.2) is 0 Å². The Labute approximate surface area is 124 Å². The lowest BCUT2D eigenvalue weighted by Crippen LogP contribution is -2.19. The van der Waals surface area contributed by atoms with Crippen LogP contribution in [0.3, 0.4) is 0 Å². The van der Waals surface area contributed by atoms with Crippen LogP contribution in [0.1, 0.15) is 22.7 Å². The molecule has 4 heteroatoms. The maximum absolute atomic E-state index is 6.20. The van der Waals surface area contributed by atoms with E-state index in [1.165, 1.54) is 5.56 Å². The second kappa shape index (κ2) is 5.66. The number of benzene rings is 2. The van der Waals surface area contributed by atoms with E-state index >= 15 is 0 Å². The first-order chi connectivity index (χ1) is 10.1. The highest BCUT2D eigenvalue weighted by Gasteiger charge is 2.16.